The summed E-state index contributed by atoms with van der Waals surface area (Å²) in [6, 6.07) is 18.6. The molecule has 2 aromatic carbocycles. The van der Waals surface area contributed by atoms with Crippen LogP contribution in [0.1, 0.15) is 11.3 Å². The number of hydrogen-bond acceptors (Lipinski definition) is 3. The fourth-order valence-electron chi connectivity index (χ4n) is 2.08. The molecular formula is C20H17NO3. The van der Waals surface area contributed by atoms with E-state index in [-0.39, 0.29) is 5.91 Å². The Balaban J connectivity index is 1.58. The highest BCUT2D eigenvalue weighted by Gasteiger charge is 2.01. The van der Waals surface area contributed by atoms with E-state index in [0.717, 1.165) is 5.75 Å². The summed E-state index contributed by atoms with van der Waals surface area (Å²) in [7, 11) is 0. The van der Waals surface area contributed by atoms with Gasteiger partial charge in [0.25, 0.3) is 0 Å². The molecule has 0 bridgehead atoms. The molecule has 4 heteroatoms. The molecule has 0 saturated heterocycles. The van der Waals surface area contributed by atoms with E-state index in [1.807, 2.05) is 43.3 Å². The van der Waals surface area contributed by atoms with Crippen molar-refractivity contribution < 1.29 is 13.9 Å². The van der Waals surface area contributed by atoms with Crippen LogP contribution in [0, 0.1) is 6.92 Å². The number of amides is 1. The van der Waals surface area contributed by atoms with Crippen molar-refractivity contribution in [3.8, 4) is 11.5 Å². The minimum atomic E-state index is -0.224. The summed E-state index contributed by atoms with van der Waals surface area (Å²) in [6.45, 7) is 2.03. The van der Waals surface area contributed by atoms with Crippen LogP contribution >= 0.6 is 0 Å². The maximum Gasteiger partial charge on any atom is 0.248 e. The third kappa shape index (κ3) is 4.36. The second kappa shape index (κ2) is 7.33. The van der Waals surface area contributed by atoms with Crippen LogP contribution in [0.25, 0.3) is 6.08 Å². The number of anilines is 1. The summed E-state index contributed by atoms with van der Waals surface area (Å²) in [4.78, 5) is 11.8. The molecule has 0 aliphatic carbocycles. The first-order chi connectivity index (χ1) is 11.7. The molecule has 0 spiro atoms. The Morgan fingerprint density at radius 3 is 2.29 bits per heavy atom. The zero-order valence-corrected chi connectivity index (χ0v) is 13.2. The molecule has 0 fully saturated rings. The summed E-state index contributed by atoms with van der Waals surface area (Å²) < 4.78 is 10.9. The largest absolute Gasteiger partial charge is 0.465 e. The molecule has 4 nitrogen and oxygen atoms in total. The third-order valence-electron chi connectivity index (χ3n) is 3.32. The van der Waals surface area contributed by atoms with Crippen LogP contribution in [0.5, 0.6) is 11.5 Å². The van der Waals surface area contributed by atoms with Gasteiger partial charge in [0.05, 0.1) is 6.26 Å². The highest BCUT2D eigenvalue weighted by molar-refractivity contribution is 6.01. The van der Waals surface area contributed by atoms with Gasteiger partial charge in [-0.2, -0.15) is 0 Å². The van der Waals surface area contributed by atoms with Gasteiger partial charge in [-0.05, 0) is 61.5 Å². The Kier molecular flexibility index (Phi) is 4.77. The molecule has 3 aromatic rings. The van der Waals surface area contributed by atoms with E-state index in [0.29, 0.717) is 17.2 Å². The lowest BCUT2D eigenvalue weighted by molar-refractivity contribution is -0.111. The molecule has 0 aliphatic heterocycles. The predicted molar refractivity (Wildman–Crippen MR) is 94.1 cm³/mol. The standard InChI is InChI=1S/C20H17NO3/c1-15-4-8-18(9-5-15)24-19-10-6-16(7-11-19)21-20(22)13-12-17-3-2-14-23-17/h2-14H,1H3,(H,21,22). The van der Waals surface area contributed by atoms with Crippen molar-refractivity contribution in [3.63, 3.8) is 0 Å². The van der Waals surface area contributed by atoms with Crippen molar-refractivity contribution in [2.45, 2.75) is 6.92 Å². The van der Waals surface area contributed by atoms with E-state index in [1.165, 1.54) is 11.6 Å². The van der Waals surface area contributed by atoms with Gasteiger partial charge < -0.3 is 14.5 Å². The molecular weight excluding hydrogens is 302 g/mol. The molecule has 0 atom stereocenters. The van der Waals surface area contributed by atoms with E-state index in [2.05, 4.69) is 5.32 Å². The fraction of sp³-hybridized carbons (Fsp3) is 0.0500. The number of nitrogens with one attached hydrogen (secondary N) is 1. The average molecular weight is 319 g/mol. The Labute approximate surface area is 140 Å². The first-order valence-electron chi connectivity index (χ1n) is 7.56. The Morgan fingerprint density at radius 2 is 1.67 bits per heavy atom. The van der Waals surface area contributed by atoms with Crippen LogP contribution in [0.3, 0.4) is 0 Å². The molecule has 1 N–H and O–H groups in total. The van der Waals surface area contributed by atoms with E-state index in [4.69, 9.17) is 9.15 Å². The van der Waals surface area contributed by atoms with Gasteiger partial charge in [0.15, 0.2) is 0 Å². The second-order valence-corrected chi connectivity index (χ2v) is 5.28. The number of hydrogen-bond donors (Lipinski definition) is 1. The Bertz CT molecular complexity index is 816. The Hall–Kier alpha value is -3.27. The molecule has 0 saturated carbocycles. The molecule has 24 heavy (non-hydrogen) atoms. The molecule has 0 aliphatic rings. The van der Waals surface area contributed by atoms with Crippen molar-refractivity contribution in [1.29, 1.82) is 0 Å². The fourth-order valence-corrected chi connectivity index (χ4v) is 2.08. The average Bonchev–Trinajstić information content (AvgIpc) is 3.10. The number of benzene rings is 2. The zero-order valence-electron chi connectivity index (χ0n) is 13.2. The SMILES string of the molecule is Cc1ccc(Oc2ccc(NC(=O)C=Cc3ccco3)cc2)cc1. The highest BCUT2D eigenvalue weighted by Crippen LogP contribution is 2.23. The van der Waals surface area contributed by atoms with E-state index in [1.54, 1.807) is 36.6 Å². The van der Waals surface area contributed by atoms with Crippen molar-refractivity contribution in [2.24, 2.45) is 0 Å². The quantitative estimate of drug-likeness (QED) is 0.671. The number of rotatable bonds is 5. The van der Waals surface area contributed by atoms with Crippen LogP contribution in [-0.4, -0.2) is 5.91 Å². The predicted octanol–water partition coefficient (Wildman–Crippen LogP) is 5.03. The molecule has 1 heterocycles. The lowest BCUT2D eigenvalue weighted by Crippen LogP contribution is -2.07. The van der Waals surface area contributed by atoms with Crippen LogP contribution in [0.4, 0.5) is 5.69 Å². The molecule has 1 amide bonds. The lowest BCUT2D eigenvalue weighted by Gasteiger charge is -2.07. The molecule has 0 radical (unpaired) electrons. The van der Waals surface area contributed by atoms with Gasteiger partial charge in [0.2, 0.25) is 5.91 Å². The lowest BCUT2D eigenvalue weighted by atomic mass is 10.2. The normalized spacial score (nSPS) is 10.7. The maximum absolute atomic E-state index is 11.8. The summed E-state index contributed by atoms with van der Waals surface area (Å²) >= 11 is 0. The van der Waals surface area contributed by atoms with Crippen LogP contribution < -0.4 is 10.1 Å². The number of ether oxygens (including phenoxy) is 1. The van der Waals surface area contributed by atoms with E-state index in [9.17, 15) is 4.79 Å². The minimum Gasteiger partial charge on any atom is -0.465 e. The van der Waals surface area contributed by atoms with Crippen LogP contribution in [-0.2, 0) is 4.79 Å². The van der Waals surface area contributed by atoms with Crippen LogP contribution in [0.2, 0.25) is 0 Å². The number of carbonyl (C=O) groups excluding carboxylic acids is 1. The molecule has 0 unspecified atom stereocenters. The van der Waals surface area contributed by atoms with Gasteiger partial charge in [-0.3, -0.25) is 4.79 Å². The zero-order chi connectivity index (χ0) is 16.8. The monoisotopic (exact) mass is 319 g/mol. The minimum absolute atomic E-state index is 0.224. The van der Waals surface area contributed by atoms with E-state index < -0.39 is 0 Å². The van der Waals surface area contributed by atoms with Crippen molar-refractivity contribution in [1.82, 2.24) is 0 Å². The second-order valence-electron chi connectivity index (χ2n) is 5.28. The molecule has 3 rings (SSSR count). The first kappa shape index (κ1) is 15.6. The highest BCUT2D eigenvalue weighted by atomic mass is 16.5. The molecule has 1 aromatic heterocycles. The van der Waals surface area contributed by atoms with Crippen molar-refractivity contribution in [2.75, 3.05) is 5.32 Å². The van der Waals surface area contributed by atoms with E-state index >= 15 is 0 Å². The summed E-state index contributed by atoms with van der Waals surface area (Å²) in [6.07, 6.45) is 4.60. The first-order valence-corrected chi connectivity index (χ1v) is 7.56. The van der Waals surface area contributed by atoms with Gasteiger partial charge in [0, 0.05) is 11.8 Å². The third-order valence-corrected chi connectivity index (χ3v) is 3.32. The number of carbonyl (C=O) groups is 1. The van der Waals surface area contributed by atoms with Gasteiger partial charge in [0.1, 0.15) is 17.3 Å². The summed E-state index contributed by atoms with van der Waals surface area (Å²) in [5.74, 6) is 1.90. The summed E-state index contributed by atoms with van der Waals surface area (Å²) in [5, 5.41) is 2.78. The van der Waals surface area contributed by atoms with Crippen molar-refractivity contribution >= 4 is 17.7 Å². The Morgan fingerprint density at radius 1 is 1.00 bits per heavy atom. The van der Waals surface area contributed by atoms with Gasteiger partial charge in [-0.15, -0.1) is 0 Å². The van der Waals surface area contributed by atoms with Gasteiger partial charge in [-0.1, -0.05) is 17.7 Å². The summed E-state index contributed by atoms with van der Waals surface area (Å²) in [5.41, 5.74) is 1.88. The van der Waals surface area contributed by atoms with Crippen molar-refractivity contribution in [3.05, 3.63) is 84.3 Å². The number of aryl methyl sites for hydroxylation is 1. The topological polar surface area (TPSA) is 51.5 Å². The number of furan rings is 1. The smallest absolute Gasteiger partial charge is 0.248 e. The van der Waals surface area contributed by atoms with Gasteiger partial charge in [-0.25, -0.2) is 0 Å². The van der Waals surface area contributed by atoms with Gasteiger partial charge >= 0.3 is 0 Å². The molecule has 120 valence electrons. The maximum atomic E-state index is 11.8. The van der Waals surface area contributed by atoms with Crippen LogP contribution in [0.15, 0.2) is 77.4 Å².